The third-order valence-electron chi connectivity index (χ3n) is 5.11. The Balaban J connectivity index is 1.53. The minimum Gasteiger partial charge on any atom is -0.384 e. The third-order valence-corrected chi connectivity index (χ3v) is 5.11. The van der Waals surface area contributed by atoms with Crippen molar-refractivity contribution in [3.63, 3.8) is 0 Å². The Labute approximate surface area is 173 Å². The van der Waals surface area contributed by atoms with Gasteiger partial charge in [-0.3, -0.25) is 14.7 Å². The molecule has 2 aromatic rings. The van der Waals surface area contributed by atoms with Gasteiger partial charge in [-0.05, 0) is 50.2 Å². The SMILES string of the molecule is CCN(CC)c1ccc(NC(=O)c2cc(NCCN3CCOCC3)ccn2)cc1. The maximum atomic E-state index is 12.6. The summed E-state index contributed by atoms with van der Waals surface area (Å²) in [7, 11) is 0. The van der Waals surface area contributed by atoms with Crippen LogP contribution < -0.4 is 15.5 Å². The van der Waals surface area contributed by atoms with Crippen LogP contribution >= 0.6 is 0 Å². The lowest BCUT2D eigenvalue weighted by Gasteiger charge is -2.26. The third kappa shape index (κ3) is 6.17. The van der Waals surface area contributed by atoms with Crippen molar-refractivity contribution in [2.24, 2.45) is 0 Å². The monoisotopic (exact) mass is 397 g/mol. The summed E-state index contributed by atoms with van der Waals surface area (Å²) in [6, 6.07) is 11.6. The molecule has 0 unspecified atom stereocenters. The van der Waals surface area contributed by atoms with Crippen molar-refractivity contribution in [3.05, 3.63) is 48.3 Å². The number of morpholine rings is 1. The average Bonchev–Trinajstić information content (AvgIpc) is 2.77. The Morgan fingerprint density at radius 2 is 1.83 bits per heavy atom. The summed E-state index contributed by atoms with van der Waals surface area (Å²) in [5.41, 5.74) is 3.21. The number of anilines is 3. The van der Waals surface area contributed by atoms with E-state index in [1.54, 1.807) is 12.3 Å². The number of carbonyl (C=O) groups excluding carboxylic acids is 1. The summed E-state index contributed by atoms with van der Waals surface area (Å²) in [6.45, 7) is 11.5. The summed E-state index contributed by atoms with van der Waals surface area (Å²) in [5.74, 6) is -0.211. The van der Waals surface area contributed by atoms with Crippen molar-refractivity contribution in [1.82, 2.24) is 9.88 Å². The van der Waals surface area contributed by atoms with Crippen molar-refractivity contribution in [2.75, 3.05) is 68.0 Å². The van der Waals surface area contributed by atoms with E-state index in [0.717, 1.165) is 69.5 Å². The fourth-order valence-electron chi connectivity index (χ4n) is 3.39. The number of aromatic nitrogens is 1. The maximum absolute atomic E-state index is 12.6. The number of nitrogens with zero attached hydrogens (tertiary/aromatic N) is 3. The first-order chi connectivity index (χ1) is 14.2. The molecule has 0 radical (unpaired) electrons. The molecule has 1 aromatic heterocycles. The molecule has 29 heavy (non-hydrogen) atoms. The molecule has 0 bridgehead atoms. The van der Waals surface area contributed by atoms with Crippen LogP contribution in [0.4, 0.5) is 17.1 Å². The van der Waals surface area contributed by atoms with E-state index in [4.69, 9.17) is 4.74 Å². The summed E-state index contributed by atoms with van der Waals surface area (Å²) in [5, 5.41) is 6.30. The van der Waals surface area contributed by atoms with Gasteiger partial charge in [0.15, 0.2) is 0 Å². The number of pyridine rings is 1. The van der Waals surface area contributed by atoms with Gasteiger partial charge in [0, 0.05) is 62.5 Å². The van der Waals surface area contributed by atoms with E-state index in [1.165, 1.54) is 0 Å². The quantitative estimate of drug-likeness (QED) is 0.678. The highest BCUT2D eigenvalue weighted by atomic mass is 16.5. The van der Waals surface area contributed by atoms with Crippen LogP contribution in [0.15, 0.2) is 42.6 Å². The first-order valence-corrected chi connectivity index (χ1v) is 10.4. The standard InChI is InChI=1S/C22H31N5O2/c1-3-27(4-2)20-7-5-18(6-8-20)25-22(28)21-17-19(9-10-24-21)23-11-12-26-13-15-29-16-14-26/h5-10,17H,3-4,11-16H2,1-2H3,(H,23,24)(H,25,28). The molecule has 0 aliphatic carbocycles. The van der Waals surface area contributed by atoms with Crippen LogP contribution in [0, 0.1) is 0 Å². The molecule has 1 aromatic carbocycles. The largest absolute Gasteiger partial charge is 0.384 e. The second kappa shape index (κ2) is 10.8. The molecular formula is C22H31N5O2. The number of rotatable bonds is 9. The number of hydrogen-bond donors (Lipinski definition) is 2. The Bertz CT molecular complexity index is 771. The highest BCUT2D eigenvalue weighted by Crippen LogP contribution is 2.18. The lowest BCUT2D eigenvalue weighted by molar-refractivity contribution is 0.0398. The van der Waals surface area contributed by atoms with E-state index in [2.05, 4.69) is 39.3 Å². The van der Waals surface area contributed by atoms with Crippen LogP contribution in [0.25, 0.3) is 0 Å². The number of amides is 1. The fraction of sp³-hybridized carbons (Fsp3) is 0.455. The van der Waals surface area contributed by atoms with E-state index in [9.17, 15) is 4.79 Å². The molecule has 0 saturated carbocycles. The molecule has 1 amide bonds. The molecule has 1 aliphatic rings. The molecule has 0 spiro atoms. The molecular weight excluding hydrogens is 366 g/mol. The molecule has 3 rings (SSSR count). The molecule has 0 atom stereocenters. The van der Waals surface area contributed by atoms with Crippen molar-refractivity contribution >= 4 is 23.0 Å². The molecule has 7 nitrogen and oxygen atoms in total. The molecule has 156 valence electrons. The smallest absolute Gasteiger partial charge is 0.274 e. The van der Waals surface area contributed by atoms with Crippen LogP contribution in [0.2, 0.25) is 0 Å². The van der Waals surface area contributed by atoms with Gasteiger partial charge in [-0.25, -0.2) is 0 Å². The van der Waals surface area contributed by atoms with Gasteiger partial charge in [-0.2, -0.15) is 0 Å². The maximum Gasteiger partial charge on any atom is 0.274 e. The van der Waals surface area contributed by atoms with E-state index >= 15 is 0 Å². The Morgan fingerprint density at radius 1 is 1.10 bits per heavy atom. The second-order valence-corrected chi connectivity index (χ2v) is 6.98. The summed E-state index contributed by atoms with van der Waals surface area (Å²) >= 11 is 0. The van der Waals surface area contributed by atoms with E-state index in [1.807, 2.05) is 30.3 Å². The predicted octanol–water partition coefficient (Wildman–Crippen LogP) is 2.92. The minimum absolute atomic E-state index is 0.211. The van der Waals surface area contributed by atoms with E-state index in [-0.39, 0.29) is 5.91 Å². The second-order valence-electron chi connectivity index (χ2n) is 6.98. The normalized spacial score (nSPS) is 14.4. The number of ether oxygens (including phenoxy) is 1. The minimum atomic E-state index is -0.211. The van der Waals surface area contributed by atoms with Gasteiger partial charge in [0.05, 0.1) is 13.2 Å². The number of benzene rings is 1. The van der Waals surface area contributed by atoms with Gasteiger partial charge in [0.1, 0.15) is 5.69 Å². The summed E-state index contributed by atoms with van der Waals surface area (Å²) < 4.78 is 5.37. The lowest BCUT2D eigenvalue weighted by Crippen LogP contribution is -2.39. The average molecular weight is 398 g/mol. The van der Waals surface area contributed by atoms with Gasteiger partial charge < -0.3 is 20.3 Å². The Morgan fingerprint density at radius 3 is 2.52 bits per heavy atom. The first kappa shape index (κ1) is 21.1. The lowest BCUT2D eigenvalue weighted by atomic mass is 10.2. The predicted molar refractivity (Wildman–Crippen MR) is 118 cm³/mol. The molecule has 1 saturated heterocycles. The van der Waals surface area contributed by atoms with E-state index < -0.39 is 0 Å². The van der Waals surface area contributed by atoms with Gasteiger partial charge in [0.25, 0.3) is 5.91 Å². The highest BCUT2D eigenvalue weighted by molar-refractivity contribution is 6.03. The van der Waals surface area contributed by atoms with Crippen LogP contribution in [0.5, 0.6) is 0 Å². The zero-order chi connectivity index (χ0) is 20.5. The van der Waals surface area contributed by atoms with Gasteiger partial charge in [0.2, 0.25) is 0 Å². The van der Waals surface area contributed by atoms with E-state index in [0.29, 0.717) is 5.69 Å². The van der Waals surface area contributed by atoms with Gasteiger partial charge in [-0.15, -0.1) is 0 Å². The number of nitrogens with one attached hydrogen (secondary N) is 2. The Kier molecular flexibility index (Phi) is 7.84. The topological polar surface area (TPSA) is 69.7 Å². The zero-order valence-corrected chi connectivity index (χ0v) is 17.4. The van der Waals surface area contributed by atoms with Crippen molar-refractivity contribution in [3.8, 4) is 0 Å². The van der Waals surface area contributed by atoms with Crippen molar-refractivity contribution in [1.29, 1.82) is 0 Å². The molecule has 1 fully saturated rings. The Hall–Kier alpha value is -2.64. The number of carbonyl (C=O) groups is 1. The van der Waals surface area contributed by atoms with Crippen molar-refractivity contribution < 1.29 is 9.53 Å². The number of hydrogen-bond acceptors (Lipinski definition) is 6. The zero-order valence-electron chi connectivity index (χ0n) is 17.4. The van der Waals surface area contributed by atoms with Crippen molar-refractivity contribution in [2.45, 2.75) is 13.8 Å². The molecule has 7 heteroatoms. The first-order valence-electron chi connectivity index (χ1n) is 10.4. The van der Waals surface area contributed by atoms with Gasteiger partial charge >= 0.3 is 0 Å². The summed E-state index contributed by atoms with van der Waals surface area (Å²) in [4.78, 5) is 21.4. The van der Waals surface area contributed by atoms with Gasteiger partial charge in [-0.1, -0.05) is 0 Å². The van der Waals surface area contributed by atoms with Crippen LogP contribution in [0.3, 0.4) is 0 Å². The van der Waals surface area contributed by atoms with Crippen LogP contribution in [-0.2, 0) is 4.74 Å². The highest BCUT2D eigenvalue weighted by Gasteiger charge is 2.11. The molecule has 2 N–H and O–H groups in total. The van der Waals surface area contributed by atoms with Crippen LogP contribution in [-0.4, -0.2) is 68.3 Å². The van der Waals surface area contributed by atoms with Crippen LogP contribution in [0.1, 0.15) is 24.3 Å². The molecule has 2 heterocycles. The summed E-state index contributed by atoms with van der Waals surface area (Å²) in [6.07, 6.45) is 1.66. The fourth-order valence-corrected chi connectivity index (χ4v) is 3.39. The molecule has 1 aliphatic heterocycles.